The Labute approximate surface area is 160 Å². The molecular weight excluding hydrogens is 344 g/mol. The van der Waals surface area contributed by atoms with Gasteiger partial charge in [-0.1, -0.05) is 61.9 Å². The minimum Gasteiger partial charge on any atom is -0.369 e. The normalized spacial score (nSPS) is 11.8. The highest BCUT2D eigenvalue weighted by Gasteiger charge is 2.09. The highest BCUT2D eigenvalue weighted by molar-refractivity contribution is 6.15. The third kappa shape index (κ3) is 4.14. The number of benzene rings is 3. The van der Waals surface area contributed by atoms with Gasteiger partial charge in [0.1, 0.15) is 0 Å². The standard InChI is InChI=1S/C21H24N4.ClH/c1-3-4-13-23-21(22)25-24-14-20-18-11-7-5-9-16(18)15(2)17-10-6-8-12-19(17)20;/h5-12,14H,3-4,13H2,1-2H3,(H3,22,23,25);1H/b24-14+;. The molecular formula is C21H25ClN4. The maximum absolute atomic E-state index is 5.85. The molecule has 0 fully saturated rings. The van der Waals surface area contributed by atoms with E-state index in [1.165, 1.54) is 27.1 Å². The first-order valence-electron chi connectivity index (χ1n) is 8.71. The number of unbranched alkanes of at least 4 members (excludes halogenated alkanes) is 1. The number of fused-ring (bicyclic) bond motifs is 2. The minimum atomic E-state index is 0. The lowest BCUT2D eigenvalue weighted by Gasteiger charge is -2.11. The summed E-state index contributed by atoms with van der Waals surface area (Å²) in [4.78, 5) is 4.25. The molecule has 0 aliphatic carbocycles. The van der Waals surface area contributed by atoms with Gasteiger partial charge >= 0.3 is 0 Å². The fourth-order valence-corrected chi connectivity index (χ4v) is 3.08. The predicted octanol–water partition coefficient (Wildman–Crippen LogP) is 4.76. The van der Waals surface area contributed by atoms with Gasteiger partial charge in [-0.25, -0.2) is 5.43 Å². The Hall–Kier alpha value is -2.59. The zero-order valence-corrected chi connectivity index (χ0v) is 16.0. The van der Waals surface area contributed by atoms with Gasteiger partial charge in [-0.05, 0) is 40.5 Å². The summed E-state index contributed by atoms with van der Waals surface area (Å²) in [7, 11) is 0. The summed E-state index contributed by atoms with van der Waals surface area (Å²) in [6, 6.07) is 16.8. The molecule has 3 aromatic carbocycles. The molecule has 0 aliphatic heterocycles. The molecule has 0 aliphatic rings. The van der Waals surface area contributed by atoms with E-state index in [0.29, 0.717) is 5.96 Å². The zero-order valence-electron chi connectivity index (χ0n) is 15.2. The maximum atomic E-state index is 5.85. The Kier molecular flexibility index (Phi) is 6.98. The smallest absolute Gasteiger partial charge is 0.209 e. The first kappa shape index (κ1) is 19.7. The molecule has 0 saturated carbocycles. The van der Waals surface area contributed by atoms with E-state index in [4.69, 9.17) is 5.73 Å². The molecule has 0 heterocycles. The number of nitrogens with two attached hydrogens (primary N) is 1. The van der Waals surface area contributed by atoms with E-state index >= 15 is 0 Å². The van der Waals surface area contributed by atoms with Gasteiger partial charge in [-0.3, -0.25) is 4.99 Å². The highest BCUT2D eigenvalue weighted by atomic mass is 35.5. The van der Waals surface area contributed by atoms with Gasteiger partial charge in [0.05, 0.1) is 6.21 Å². The molecule has 0 amide bonds. The molecule has 3 N–H and O–H groups in total. The van der Waals surface area contributed by atoms with Crippen molar-refractivity contribution in [2.45, 2.75) is 26.7 Å². The Morgan fingerprint density at radius 2 is 1.54 bits per heavy atom. The van der Waals surface area contributed by atoms with Crippen molar-refractivity contribution in [3.63, 3.8) is 0 Å². The zero-order chi connectivity index (χ0) is 17.6. The highest BCUT2D eigenvalue weighted by Crippen LogP contribution is 2.31. The van der Waals surface area contributed by atoms with Crippen molar-refractivity contribution < 1.29 is 0 Å². The van der Waals surface area contributed by atoms with Crippen LogP contribution in [0.25, 0.3) is 21.5 Å². The van der Waals surface area contributed by atoms with Crippen LogP contribution in [0.1, 0.15) is 30.9 Å². The van der Waals surface area contributed by atoms with E-state index in [9.17, 15) is 0 Å². The Bertz CT molecular complexity index is 890. The average Bonchev–Trinajstić information content (AvgIpc) is 2.65. The number of hydrogen-bond donors (Lipinski definition) is 2. The number of rotatable bonds is 5. The van der Waals surface area contributed by atoms with Crippen LogP contribution in [-0.2, 0) is 0 Å². The predicted molar refractivity (Wildman–Crippen MR) is 116 cm³/mol. The summed E-state index contributed by atoms with van der Waals surface area (Å²) in [5.41, 5.74) is 11.1. The van der Waals surface area contributed by atoms with E-state index in [0.717, 1.165) is 24.9 Å². The molecule has 0 bridgehead atoms. The molecule has 5 heteroatoms. The van der Waals surface area contributed by atoms with Crippen LogP contribution >= 0.6 is 12.4 Å². The second kappa shape index (κ2) is 9.20. The largest absolute Gasteiger partial charge is 0.369 e. The number of nitrogens with one attached hydrogen (secondary N) is 1. The Balaban J connectivity index is 0.00000243. The molecule has 0 radical (unpaired) electrons. The topological polar surface area (TPSA) is 62.8 Å². The molecule has 3 aromatic rings. The van der Waals surface area contributed by atoms with Crippen LogP contribution in [-0.4, -0.2) is 18.7 Å². The van der Waals surface area contributed by atoms with Crippen molar-refractivity contribution in [3.8, 4) is 0 Å². The molecule has 0 unspecified atom stereocenters. The number of guanidine groups is 1. The van der Waals surface area contributed by atoms with Crippen LogP contribution in [0.15, 0.2) is 58.6 Å². The number of aryl methyl sites for hydroxylation is 1. The lowest BCUT2D eigenvalue weighted by Crippen LogP contribution is -2.27. The molecule has 0 atom stereocenters. The van der Waals surface area contributed by atoms with Gasteiger partial charge < -0.3 is 5.73 Å². The van der Waals surface area contributed by atoms with E-state index in [1.54, 1.807) is 0 Å². The molecule has 3 rings (SSSR count). The van der Waals surface area contributed by atoms with Crippen molar-refractivity contribution in [1.29, 1.82) is 0 Å². The van der Waals surface area contributed by atoms with Crippen LogP contribution in [0.3, 0.4) is 0 Å². The first-order chi connectivity index (χ1) is 12.2. The van der Waals surface area contributed by atoms with Crippen LogP contribution in [0, 0.1) is 6.92 Å². The van der Waals surface area contributed by atoms with Gasteiger partial charge in [0, 0.05) is 12.1 Å². The van der Waals surface area contributed by atoms with E-state index in [2.05, 4.69) is 77.9 Å². The van der Waals surface area contributed by atoms with Crippen LogP contribution in [0.4, 0.5) is 0 Å². The van der Waals surface area contributed by atoms with E-state index in [-0.39, 0.29) is 12.4 Å². The van der Waals surface area contributed by atoms with Gasteiger partial charge in [0.2, 0.25) is 5.96 Å². The van der Waals surface area contributed by atoms with Crippen molar-refractivity contribution in [3.05, 3.63) is 59.7 Å². The molecule has 0 spiro atoms. The molecule has 0 saturated heterocycles. The Morgan fingerprint density at radius 1 is 1.00 bits per heavy atom. The van der Waals surface area contributed by atoms with Crippen LogP contribution in [0.5, 0.6) is 0 Å². The van der Waals surface area contributed by atoms with Crippen LogP contribution in [0.2, 0.25) is 0 Å². The molecule has 26 heavy (non-hydrogen) atoms. The third-order valence-corrected chi connectivity index (χ3v) is 4.41. The van der Waals surface area contributed by atoms with E-state index < -0.39 is 0 Å². The fraction of sp³-hybridized carbons (Fsp3) is 0.238. The Morgan fingerprint density at radius 3 is 2.08 bits per heavy atom. The number of aliphatic imine (C=N–C) groups is 1. The lowest BCUT2D eigenvalue weighted by atomic mass is 9.93. The molecule has 0 aromatic heterocycles. The van der Waals surface area contributed by atoms with Crippen molar-refractivity contribution in [1.82, 2.24) is 5.43 Å². The minimum absolute atomic E-state index is 0. The number of hydrogen-bond acceptors (Lipinski definition) is 2. The SMILES string of the molecule is CCCCN=C(N)N/N=C/c1c2ccccc2c(C)c2ccccc12.Cl. The van der Waals surface area contributed by atoms with Gasteiger partial charge in [0.25, 0.3) is 0 Å². The summed E-state index contributed by atoms with van der Waals surface area (Å²) >= 11 is 0. The van der Waals surface area contributed by atoms with Crippen LogP contribution < -0.4 is 11.2 Å². The van der Waals surface area contributed by atoms with Crippen molar-refractivity contribution >= 4 is 46.1 Å². The monoisotopic (exact) mass is 368 g/mol. The summed E-state index contributed by atoms with van der Waals surface area (Å²) in [6.07, 6.45) is 3.97. The average molecular weight is 369 g/mol. The summed E-state index contributed by atoms with van der Waals surface area (Å²) in [5.74, 6) is 0.352. The van der Waals surface area contributed by atoms with Gasteiger partial charge in [-0.2, -0.15) is 5.10 Å². The second-order valence-electron chi connectivity index (χ2n) is 6.12. The molecule has 4 nitrogen and oxygen atoms in total. The third-order valence-electron chi connectivity index (χ3n) is 4.41. The number of nitrogens with zero attached hydrogens (tertiary/aromatic N) is 2. The molecule has 136 valence electrons. The quantitative estimate of drug-likeness (QED) is 0.224. The summed E-state index contributed by atoms with van der Waals surface area (Å²) in [5, 5.41) is 9.18. The van der Waals surface area contributed by atoms with E-state index in [1.807, 2.05) is 6.21 Å². The lowest BCUT2D eigenvalue weighted by molar-refractivity contribution is 0.800. The fourth-order valence-electron chi connectivity index (χ4n) is 3.08. The van der Waals surface area contributed by atoms with Crippen molar-refractivity contribution in [2.75, 3.05) is 6.54 Å². The number of halogens is 1. The summed E-state index contributed by atoms with van der Waals surface area (Å²) in [6.45, 7) is 5.02. The summed E-state index contributed by atoms with van der Waals surface area (Å²) < 4.78 is 0. The second-order valence-corrected chi connectivity index (χ2v) is 6.12. The van der Waals surface area contributed by atoms with Crippen molar-refractivity contribution in [2.24, 2.45) is 15.8 Å². The maximum Gasteiger partial charge on any atom is 0.209 e. The van der Waals surface area contributed by atoms with Gasteiger partial charge in [-0.15, -0.1) is 12.4 Å². The number of hydrazone groups is 1. The first-order valence-corrected chi connectivity index (χ1v) is 8.71. The van der Waals surface area contributed by atoms with Gasteiger partial charge in [0.15, 0.2) is 0 Å².